The van der Waals surface area contributed by atoms with Gasteiger partial charge in [0.15, 0.2) is 0 Å². The number of hydrogen-bond donors (Lipinski definition) is 2. The van der Waals surface area contributed by atoms with Gasteiger partial charge in [0, 0.05) is 11.8 Å². The predicted molar refractivity (Wildman–Crippen MR) is 77.4 cm³/mol. The average Bonchev–Trinajstić information content (AvgIpc) is 2.82. The van der Waals surface area contributed by atoms with Crippen LogP contribution in [-0.4, -0.2) is 6.61 Å². The molecule has 2 aromatic rings. The van der Waals surface area contributed by atoms with Gasteiger partial charge in [-0.1, -0.05) is 6.92 Å². The van der Waals surface area contributed by atoms with Crippen LogP contribution in [0.5, 0.6) is 5.75 Å². The normalized spacial score (nSPS) is 10.4. The number of benzene rings is 1. The molecule has 0 unspecified atom stereocenters. The van der Waals surface area contributed by atoms with Gasteiger partial charge in [-0.15, -0.1) is 0 Å². The van der Waals surface area contributed by atoms with Crippen molar-refractivity contribution in [3.63, 3.8) is 0 Å². The van der Waals surface area contributed by atoms with Gasteiger partial charge < -0.3 is 20.2 Å². The molecule has 2 rings (SSSR count). The molecule has 1 aromatic heterocycles. The molecule has 0 amide bonds. The third kappa shape index (κ3) is 3.68. The quantitative estimate of drug-likeness (QED) is 0.779. The molecular weight excluding hydrogens is 240 g/mol. The third-order valence-corrected chi connectivity index (χ3v) is 2.74. The van der Waals surface area contributed by atoms with Crippen LogP contribution < -0.4 is 15.8 Å². The Morgan fingerprint density at radius 1 is 1.26 bits per heavy atom. The average molecular weight is 260 g/mol. The van der Waals surface area contributed by atoms with Gasteiger partial charge in [0.25, 0.3) is 0 Å². The molecule has 1 aromatic carbocycles. The summed E-state index contributed by atoms with van der Waals surface area (Å²) in [5.41, 5.74) is 7.50. The van der Waals surface area contributed by atoms with Gasteiger partial charge in [0.2, 0.25) is 0 Å². The Morgan fingerprint density at radius 2 is 2.11 bits per heavy atom. The van der Waals surface area contributed by atoms with Crippen LogP contribution in [0.2, 0.25) is 0 Å². The van der Waals surface area contributed by atoms with Crippen LogP contribution >= 0.6 is 0 Å². The number of nitrogen functional groups attached to an aromatic ring is 1. The highest BCUT2D eigenvalue weighted by molar-refractivity contribution is 5.61. The molecule has 0 spiro atoms. The summed E-state index contributed by atoms with van der Waals surface area (Å²) >= 11 is 0. The van der Waals surface area contributed by atoms with Crippen molar-refractivity contribution in [3.05, 3.63) is 41.9 Å². The molecule has 102 valence electrons. The monoisotopic (exact) mass is 260 g/mol. The highest BCUT2D eigenvalue weighted by Gasteiger charge is 2.03. The molecule has 0 aliphatic carbocycles. The summed E-state index contributed by atoms with van der Waals surface area (Å²) in [7, 11) is 0. The first-order chi connectivity index (χ1) is 9.19. The van der Waals surface area contributed by atoms with E-state index in [0.29, 0.717) is 18.8 Å². The fourth-order valence-electron chi connectivity index (χ4n) is 1.75. The maximum absolute atomic E-state index is 5.87. The molecule has 19 heavy (non-hydrogen) atoms. The SMILES string of the molecule is CCCOc1cc(NCc2ccc(C)o2)ccc1N. The number of anilines is 2. The standard InChI is InChI=1S/C15H20N2O2/c1-3-8-18-15-9-12(5-7-14(15)16)17-10-13-6-4-11(2)19-13/h4-7,9,17H,3,8,10,16H2,1-2H3. The van der Waals surface area contributed by atoms with Gasteiger partial charge in [0.05, 0.1) is 18.8 Å². The molecule has 0 aliphatic heterocycles. The van der Waals surface area contributed by atoms with Crippen LogP contribution in [0.15, 0.2) is 34.7 Å². The van der Waals surface area contributed by atoms with Crippen molar-refractivity contribution < 1.29 is 9.15 Å². The minimum absolute atomic E-state index is 0.644. The zero-order valence-corrected chi connectivity index (χ0v) is 11.4. The largest absolute Gasteiger partial charge is 0.491 e. The minimum Gasteiger partial charge on any atom is -0.491 e. The van der Waals surface area contributed by atoms with E-state index >= 15 is 0 Å². The predicted octanol–water partition coefficient (Wildman–Crippen LogP) is 3.57. The first kappa shape index (κ1) is 13.3. The third-order valence-electron chi connectivity index (χ3n) is 2.74. The van der Waals surface area contributed by atoms with Gasteiger partial charge >= 0.3 is 0 Å². The lowest BCUT2D eigenvalue weighted by atomic mass is 10.2. The van der Waals surface area contributed by atoms with E-state index in [2.05, 4.69) is 12.2 Å². The van der Waals surface area contributed by atoms with E-state index in [4.69, 9.17) is 14.9 Å². The summed E-state index contributed by atoms with van der Waals surface area (Å²) in [6.45, 7) is 5.32. The highest BCUT2D eigenvalue weighted by Crippen LogP contribution is 2.26. The number of nitrogens with one attached hydrogen (secondary N) is 1. The second kappa shape index (κ2) is 6.18. The molecule has 4 heteroatoms. The van der Waals surface area contributed by atoms with Crippen LogP contribution in [0.1, 0.15) is 24.9 Å². The summed E-state index contributed by atoms with van der Waals surface area (Å²) < 4.78 is 11.1. The number of hydrogen-bond acceptors (Lipinski definition) is 4. The first-order valence-electron chi connectivity index (χ1n) is 6.50. The van der Waals surface area contributed by atoms with Crippen LogP contribution in [-0.2, 0) is 6.54 Å². The van der Waals surface area contributed by atoms with E-state index in [0.717, 1.165) is 29.4 Å². The van der Waals surface area contributed by atoms with Crippen LogP contribution in [0, 0.1) is 6.92 Å². The molecule has 1 heterocycles. The van der Waals surface area contributed by atoms with Crippen molar-refractivity contribution in [2.24, 2.45) is 0 Å². The van der Waals surface area contributed by atoms with Crippen molar-refractivity contribution in [3.8, 4) is 5.75 Å². The Balaban J connectivity index is 2.00. The molecule has 0 saturated heterocycles. The van der Waals surface area contributed by atoms with Crippen molar-refractivity contribution in [2.45, 2.75) is 26.8 Å². The fraction of sp³-hybridized carbons (Fsp3) is 0.333. The number of ether oxygens (including phenoxy) is 1. The summed E-state index contributed by atoms with van der Waals surface area (Å²) in [4.78, 5) is 0. The molecule has 0 saturated carbocycles. The van der Waals surface area contributed by atoms with Crippen molar-refractivity contribution in [1.82, 2.24) is 0 Å². The summed E-state index contributed by atoms with van der Waals surface area (Å²) in [6, 6.07) is 9.62. The molecule has 0 bridgehead atoms. The first-order valence-corrected chi connectivity index (χ1v) is 6.50. The van der Waals surface area contributed by atoms with Crippen molar-refractivity contribution in [1.29, 1.82) is 0 Å². The molecule has 0 aliphatic rings. The van der Waals surface area contributed by atoms with Gasteiger partial charge in [-0.25, -0.2) is 0 Å². The van der Waals surface area contributed by atoms with Crippen LogP contribution in [0.3, 0.4) is 0 Å². The topological polar surface area (TPSA) is 60.4 Å². The zero-order valence-electron chi connectivity index (χ0n) is 11.4. The number of furan rings is 1. The van der Waals surface area contributed by atoms with Crippen LogP contribution in [0.4, 0.5) is 11.4 Å². The van der Waals surface area contributed by atoms with Gasteiger partial charge in [-0.3, -0.25) is 0 Å². The smallest absolute Gasteiger partial charge is 0.144 e. The lowest BCUT2D eigenvalue weighted by Crippen LogP contribution is -2.02. The summed E-state index contributed by atoms with van der Waals surface area (Å²) in [6.07, 6.45) is 0.961. The zero-order chi connectivity index (χ0) is 13.7. The Labute approximate surface area is 113 Å². The molecule has 4 nitrogen and oxygen atoms in total. The number of aryl methyl sites for hydroxylation is 1. The van der Waals surface area contributed by atoms with E-state index in [1.807, 2.05) is 37.3 Å². The fourth-order valence-corrected chi connectivity index (χ4v) is 1.75. The minimum atomic E-state index is 0.644. The Hall–Kier alpha value is -2.10. The van der Waals surface area contributed by atoms with Gasteiger partial charge in [-0.2, -0.15) is 0 Å². The molecule has 0 fully saturated rings. The molecule has 0 radical (unpaired) electrons. The van der Waals surface area contributed by atoms with Crippen molar-refractivity contribution >= 4 is 11.4 Å². The van der Waals surface area contributed by atoms with E-state index in [-0.39, 0.29) is 0 Å². The van der Waals surface area contributed by atoms with Gasteiger partial charge in [-0.05, 0) is 37.6 Å². The maximum atomic E-state index is 5.87. The Morgan fingerprint density at radius 3 is 2.79 bits per heavy atom. The lowest BCUT2D eigenvalue weighted by Gasteiger charge is -2.11. The van der Waals surface area contributed by atoms with Crippen molar-refractivity contribution in [2.75, 3.05) is 17.7 Å². The number of rotatable bonds is 6. The Kier molecular flexibility index (Phi) is 4.34. The lowest BCUT2D eigenvalue weighted by molar-refractivity contribution is 0.319. The second-order valence-corrected chi connectivity index (χ2v) is 4.47. The highest BCUT2D eigenvalue weighted by atomic mass is 16.5. The Bertz CT molecular complexity index is 535. The molecular formula is C15H20N2O2. The molecule has 3 N–H and O–H groups in total. The molecule has 0 atom stereocenters. The number of nitrogens with two attached hydrogens (primary N) is 1. The maximum Gasteiger partial charge on any atom is 0.144 e. The van der Waals surface area contributed by atoms with E-state index < -0.39 is 0 Å². The summed E-state index contributed by atoms with van der Waals surface area (Å²) in [5.74, 6) is 2.55. The second-order valence-electron chi connectivity index (χ2n) is 4.47. The van der Waals surface area contributed by atoms with E-state index in [9.17, 15) is 0 Å². The van der Waals surface area contributed by atoms with E-state index in [1.54, 1.807) is 0 Å². The van der Waals surface area contributed by atoms with E-state index in [1.165, 1.54) is 0 Å². The summed E-state index contributed by atoms with van der Waals surface area (Å²) in [5, 5.41) is 3.29. The van der Waals surface area contributed by atoms with Crippen LogP contribution in [0.25, 0.3) is 0 Å². The van der Waals surface area contributed by atoms with Gasteiger partial charge in [0.1, 0.15) is 17.3 Å².